The van der Waals surface area contributed by atoms with Gasteiger partial charge < -0.3 is 13.9 Å². The Hall–Kier alpha value is -3.77. The van der Waals surface area contributed by atoms with Crippen molar-refractivity contribution in [3.05, 3.63) is 98.4 Å². The van der Waals surface area contributed by atoms with Crippen molar-refractivity contribution in [2.45, 2.75) is 40.2 Å². The molecule has 7 heteroatoms. The second-order valence-corrected chi connectivity index (χ2v) is 10.3. The molecule has 2 heterocycles. The van der Waals surface area contributed by atoms with Gasteiger partial charge in [0, 0.05) is 10.7 Å². The number of rotatable bonds is 8. The molecule has 0 saturated carbocycles. The van der Waals surface area contributed by atoms with Crippen LogP contribution in [-0.2, 0) is 0 Å². The van der Waals surface area contributed by atoms with E-state index in [4.69, 9.17) is 25.5 Å². The van der Waals surface area contributed by atoms with Crippen LogP contribution in [0.4, 0.5) is 5.69 Å². The largest absolute Gasteiger partial charge is 0.490 e. The van der Waals surface area contributed by atoms with Gasteiger partial charge in [0.25, 0.3) is 5.91 Å². The number of nitrogens with zero attached hydrogens (tertiary/aromatic N) is 1. The molecule has 0 radical (unpaired) electrons. The third-order valence-corrected chi connectivity index (χ3v) is 6.92. The average Bonchev–Trinajstić information content (AvgIpc) is 3.18. The first-order chi connectivity index (χ1) is 18.3. The third-order valence-electron chi connectivity index (χ3n) is 6.68. The summed E-state index contributed by atoms with van der Waals surface area (Å²) in [5.74, 6) is 1.35. The van der Waals surface area contributed by atoms with Crippen LogP contribution in [0.3, 0.4) is 0 Å². The Labute approximate surface area is 226 Å². The molecule has 5 rings (SSSR count). The summed E-state index contributed by atoms with van der Waals surface area (Å²) in [6.45, 7) is 9.18. The Bertz CT molecular complexity index is 1560. The van der Waals surface area contributed by atoms with Crippen LogP contribution in [0.15, 0.2) is 69.9 Å². The van der Waals surface area contributed by atoms with Crippen LogP contribution in [0.1, 0.15) is 60.5 Å². The molecule has 3 aromatic carbocycles. The van der Waals surface area contributed by atoms with Crippen LogP contribution in [-0.4, -0.2) is 19.1 Å². The minimum absolute atomic E-state index is 0.0330. The molecule has 196 valence electrons. The van der Waals surface area contributed by atoms with E-state index in [-0.39, 0.29) is 22.7 Å². The summed E-state index contributed by atoms with van der Waals surface area (Å²) < 4.78 is 18.0. The number of carbonyl (C=O) groups excluding carboxylic acids is 1. The van der Waals surface area contributed by atoms with E-state index in [1.54, 1.807) is 23.1 Å². The Morgan fingerprint density at radius 1 is 0.974 bits per heavy atom. The summed E-state index contributed by atoms with van der Waals surface area (Å²) in [6.07, 6.45) is 0.912. The summed E-state index contributed by atoms with van der Waals surface area (Å²) in [5.41, 5.74) is 2.75. The fraction of sp³-hybridized carbons (Fsp3) is 0.290. The second kappa shape index (κ2) is 10.5. The summed E-state index contributed by atoms with van der Waals surface area (Å²) in [4.78, 5) is 29.3. The van der Waals surface area contributed by atoms with E-state index in [1.807, 2.05) is 56.3 Å². The lowest BCUT2D eigenvalue weighted by Gasteiger charge is -2.26. The predicted molar refractivity (Wildman–Crippen MR) is 150 cm³/mol. The highest BCUT2D eigenvalue weighted by molar-refractivity contribution is 6.31. The molecule has 1 aliphatic heterocycles. The second-order valence-electron chi connectivity index (χ2n) is 9.90. The van der Waals surface area contributed by atoms with Crippen molar-refractivity contribution < 1.29 is 18.7 Å². The van der Waals surface area contributed by atoms with Gasteiger partial charge in [-0.05, 0) is 74.2 Å². The Kier molecular flexibility index (Phi) is 7.17. The SMILES string of the molecule is CCOc1cc(C2c3c(oc4ccc(Cl)cc4c3=O)C(=O)N2c2ccc(C)cc2)ccc1OCCC(C)C. The number of amides is 1. The summed E-state index contributed by atoms with van der Waals surface area (Å²) >= 11 is 6.21. The lowest BCUT2D eigenvalue weighted by molar-refractivity contribution is 0.0971. The maximum atomic E-state index is 13.9. The molecule has 0 fully saturated rings. The first-order valence-corrected chi connectivity index (χ1v) is 13.2. The van der Waals surface area contributed by atoms with E-state index in [0.29, 0.717) is 57.9 Å². The molecule has 1 atom stereocenters. The van der Waals surface area contributed by atoms with Crippen molar-refractivity contribution in [1.29, 1.82) is 0 Å². The van der Waals surface area contributed by atoms with Crippen LogP contribution in [0, 0.1) is 12.8 Å². The van der Waals surface area contributed by atoms with Gasteiger partial charge in [-0.3, -0.25) is 14.5 Å². The number of hydrogen-bond acceptors (Lipinski definition) is 5. The summed E-state index contributed by atoms with van der Waals surface area (Å²) in [6, 6.07) is 17.3. The molecule has 6 nitrogen and oxygen atoms in total. The monoisotopic (exact) mass is 531 g/mol. The van der Waals surface area contributed by atoms with Crippen LogP contribution in [0.5, 0.6) is 11.5 Å². The lowest BCUT2D eigenvalue weighted by atomic mass is 9.97. The highest BCUT2D eigenvalue weighted by Crippen LogP contribution is 2.43. The molecule has 0 N–H and O–H groups in total. The topological polar surface area (TPSA) is 69.0 Å². The molecular weight excluding hydrogens is 502 g/mol. The highest BCUT2D eigenvalue weighted by Gasteiger charge is 2.44. The van der Waals surface area contributed by atoms with Gasteiger partial charge in [-0.25, -0.2) is 0 Å². The molecule has 1 aromatic heterocycles. The molecular formula is C31H30ClNO5. The van der Waals surface area contributed by atoms with Crippen molar-refractivity contribution in [3.63, 3.8) is 0 Å². The van der Waals surface area contributed by atoms with Crippen molar-refractivity contribution in [2.75, 3.05) is 18.1 Å². The molecule has 1 unspecified atom stereocenters. The van der Waals surface area contributed by atoms with Crippen molar-refractivity contribution >= 4 is 34.2 Å². The fourth-order valence-corrected chi connectivity index (χ4v) is 4.89. The van der Waals surface area contributed by atoms with E-state index in [0.717, 1.165) is 12.0 Å². The minimum Gasteiger partial charge on any atom is -0.490 e. The first kappa shape index (κ1) is 25.9. The van der Waals surface area contributed by atoms with Gasteiger partial charge in [-0.1, -0.05) is 49.2 Å². The maximum absolute atomic E-state index is 13.9. The number of halogens is 1. The Balaban J connectivity index is 1.69. The Morgan fingerprint density at radius 3 is 2.45 bits per heavy atom. The number of aryl methyl sites for hydroxylation is 1. The molecule has 0 aliphatic carbocycles. The van der Waals surface area contributed by atoms with E-state index >= 15 is 0 Å². The molecule has 1 aliphatic rings. The highest BCUT2D eigenvalue weighted by atomic mass is 35.5. The quantitative estimate of drug-likeness (QED) is 0.238. The van der Waals surface area contributed by atoms with Crippen molar-refractivity contribution in [2.24, 2.45) is 5.92 Å². The number of ether oxygens (including phenoxy) is 2. The minimum atomic E-state index is -0.719. The van der Waals surface area contributed by atoms with Gasteiger partial charge in [0.15, 0.2) is 16.9 Å². The number of anilines is 1. The van der Waals surface area contributed by atoms with E-state index in [9.17, 15) is 9.59 Å². The molecule has 0 saturated heterocycles. The molecule has 0 spiro atoms. The zero-order valence-corrected chi connectivity index (χ0v) is 22.7. The normalized spacial score (nSPS) is 14.8. The first-order valence-electron chi connectivity index (χ1n) is 12.8. The van der Waals surface area contributed by atoms with Crippen LogP contribution in [0.25, 0.3) is 11.0 Å². The fourth-order valence-electron chi connectivity index (χ4n) is 4.72. The molecule has 0 bridgehead atoms. The van der Waals surface area contributed by atoms with Gasteiger partial charge in [-0.15, -0.1) is 0 Å². The van der Waals surface area contributed by atoms with Crippen molar-refractivity contribution in [1.82, 2.24) is 0 Å². The smallest absolute Gasteiger partial charge is 0.295 e. The molecule has 38 heavy (non-hydrogen) atoms. The lowest BCUT2D eigenvalue weighted by Crippen LogP contribution is -2.29. The van der Waals surface area contributed by atoms with Gasteiger partial charge >= 0.3 is 0 Å². The number of benzene rings is 3. The zero-order valence-electron chi connectivity index (χ0n) is 21.9. The van der Waals surface area contributed by atoms with E-state index in [2.05, 4.69) is 13.8 Å². The standard InChI is InChI=1S/C31H30ClNO5/c1-5-36-26-16-20(8-12-25(26)37-15-14-18(2)3)28-27-29(34)23-17-21(32)9-13-24(23)38-30(27)31(35)33(28)22-10-6-19(4)7-11-22/h6-13,16-18,28H,5,14-15H2,1-4H3. The summed E-state index contributed by atoms with van der Waals surface area (Å²) in [5, 5.41) is 0.751. The van der Waals surface area contributed by atoms with Gasteiger partial charge in [0.1, 0.15) is 5.58 Å². The summed E-state index contributed by atoms with van der Waals surface area (Å²) in [7, 11) is 0. The Morgan fingerprint density at radius 2 is 1.74 bits per heavy atom. The van der Waals surface area contributed by atoms with E-state index in [1.165, 1.54) is 0 Å². The van der Waals surface area contributed by atoms with E-state index < -0.39 is 6.04 Å². The van der Waals surface area contributed by atoms with Gasteiger partial charge in [-0.2, -0.15) is 0 Å². The van der Waals surface area contributed by atoms with Crippen LogP contribution >= 0.6 is 11.6 Å². The van der Waals surface area contributed by atoms with Gasteiger partial charge in [0.2, 0.25) is 5.76 Å². The molecule has 1 amide bonds. The maximum Gasteiger partial charge on any atom is 0.295 e. The number of fused-ring (bicyclic) bond motifs is 2. The third kappa shape index (κ3) is 4.76. The number of carbonyl (C=O) groups is 1. The number of hydrogen-bond donors (Lipinski definition) is 0. The predicted octanol–water partition coefficient (Wildman–Crippen LogP) is 7.33. The zero-order chi connectivity index (χ0) is 27.0. The van der Waals surface area contributed by atoms with Crippen molar-refractivity contribution in [3.8, 4) is 11.5 Å². The van der Waals surface area contributed by atoms with Crippen LogP contribution < -0.4 is 19.8 Å². The van der Waals surface area contributed by atoms with Gasteiger partial charge in [0.05, 0.1) is 30.2 Å². The molecule has 4 aromatic rings. The average molecular weight is 532 g/mol. The van der Waals surface area contributed by atoms with Crippen LogP contribution in [0.2, 0.25) is 5.02 Å².